The molecule has 0 fully saturated rings. The average molecular weight is 492 g/mol. The molecule has 2 unspecified atom stereocenters. The molecule has 1 aliphatic heterocycles. The van der Waals surface area contributed by atoms with Crippen LogP contribution in [0.2, 0.25) is 0 Å². The van der Waals surface area contributed by atoms with E-state index >= 15 is 0 Å². The van der Waals surface area contributed by atoms with Crippen LogP contribution in [0.4, 0.5) is 0 Å². The molecule has 0 radical (unpaired) electrons. The van der Waals surface area contributed by atoms with Crippen molar-refractivity contribution in [1.29, 1.82) is 0 Å². The Hall–Kier alpha value is -3.68. The Morgan fingerprint density at radius 1 is 1.29 bits per heavy atom. The molecule has 2 aliphatic carbocycles. The summed E-state index contributed by atoms with van der Waals surface area (Å²) in [6, 6.07) is 4.79. The van der Waals surface area contributed by atoms with Gasteiger partial charge in [0, 0.05) is 41.0 Å². The van der Waals surface area contributed by atoms with Gasteiger partial charge in [-0.1, -0.05) is 29.5 Å². The number of aromatic hydroxyl groups is 1. The van der Waals surface area contributed by atoms with E-state index in [2.05, 4.69) is 10.0 Å². The largest absolute Gasteiger partial charge is 0.508 e. The number of aliphatic carboxylic acids is 1. The molecule has 1 heterocycles. The van der Waals surface area contributed by atoms with Crippen LogP contribution in [0, 0.1) is 5.92 Å². The number of ether oxygens (including phenoxy) is 1. The van der Waals surface area contributed by atoms with Gasteiger partial charge in [0.1, 0.15) is 17.6 Å². The predicted octanol–water partition coefficient (Wildman–Crippen LogP) is 5.63. The van der Waals surface area contributed by atoms with E-state index in [1.54, 1.807) is 24.3 Å². The minimum atomic E-state index is -1.01. The number of allylic oxidation sites excluding steroid dienone is 5. The smallest absolute Gasteiger partial charge is 0.332 e. The van der Waals surface area contributed by atoms with Crippen molar-refractivity contribution in [2.45, 2.75) is 44.6 Å². The molecule has 2 N–H and O–H groups in total. The summed E-state index contributed by atoms with van der Waals surface area (Å²) in [4.78, 5) is 28.0. The number of carboxylic acid groups (broad SMARTS) is 1. The fourth-order valence-corrected chi connectivity index (χ4v) is 5.09. The Balaban J connectivity index is 1.61. The monoisotopic (exact) mass is 491 g/mol. The summed E-state index contributed by atoms with van der Waals surface area (Å²) in [6.07, 6.45) is 9.88. The fourth-order valence-electron chi connectivity index (χ4n) is 4.78. The Morgan fingerprint density at radius 2 is 2.11 bits per heavy atom. The van der Waals surface area contributed by atoms with Crippen LogP contribution in [0.5, 0.6) is 11.5 Å². The zero-order chi connectivity index (χ0) is 24.9. The highest BCUT2D eigenvalue weighted by Crippen LogP contribution is 2.47. The van der Waals surface area contributed by atoms with Gasteiger partial charge in [-0.05, 0) is 77.1 Å². The summed E-state index contributed by atoms with van der Waals surface area (Å²) in [5.74, 6) is -1.02. The highest BCUT2D eigenvalue weighted by Gasteiger charge is 2.37. The third kappa shape index (κ3) is 5.53. The zero-order valence-electron chi connectivity index (χ0n) is 19.0. The van der Waals surface area contributed by atoms with E-state index in [4.69, 9.17) is 22.5 Å². The second kappa shape index (κ2) is 10.7. The van der Waals surface area contributed by atoms with Crippen LogP contribution >= 0.6 is 12.2 Å². The first kappa shape index (κ1) is 24.4. The van der Waals surface area contributed by atoms with Gasteiger partial charge in [0.05, 0.1) is 6.42 Å². The molecule has 3 aliphatic rings. The van der Waals surface area contributed by atoms with E-state index in [0.29, 0.717) is 31.6 Å². The maximum atomic E-state index is 12.4. The van der Waals surface area contributed by atoms with Gasteiger partial charge in [-0.2, -0.15) is 0 Å². The number of azide groups is 1. The first-order valence-corrected chi connectivity index (χ1v) is 11.9. The number of benzene rings is 1. The molecule has 0 bridgehead atoms. The summed E-state index contributed by atoms with van der Waals surface area (Å²) >= 11 is 5.51. The topological polar surface area (TPSA) is 133 Å². The molecule has 1 aromatic rings. The van der Waals surface area contributed by atoms with Crippen molar-refractivity contribution in [3.05, 3.63) is 75.2 Å². The van der Waals surface area contributed by atoms with Crippen molar-refractivity contribution < 1.29 is 24.5 Å². The molecule has 0 spiro atoms. The van der Waals surface area contributed by atoms with E-state index in [-0.39, 0.29) is 23.5 Å². The minimum Gasteiger partial charge on any atom is -0.508 e. The lowest BCUT2D eigenvalue weighted by atomic mass is 9.74. The number of thiocarbonyl (C=S) groups is 1. The van der Waals surface area contributed by atoms with Gasteiger partial charge in [-0.25, -0.2) is 4.79 Å². The van der Waals surface area contributed by atoms with Crippen LogP contribution in [0.25, 0.3) is 16.0 Å². The normalized spacial score (nSPS) is 20.6. The second-order valence-electron chi connectivity index (χ2n) is 8.76. The zero-order valence-corrected chi connectivity index (χ0v) is 19.8. The van der Waals surface area contributed by atoms with Crippen molar-refractivity contribution in [3.8, 4) is 11.5 Å². The summed E-state index contributed by atoms with van der Waals surface area (Å²) in [7, 11) is 0. The molecule has 8 nitrogen and oxygen atoms in total. The van der Waals surface area contributed by atoms with E-state index in [1.807, 2.05) is 6.08 Å². The van der Waals surface area contributed by atoms with Crippen molar-refractivity contribution in [3.63, 3.8) is 0 Å². The lowest BCUT2D eigenvalue weighted by molar-refractivity contribution is -0.133. The third-order valence-corrected chi connectivity index (χ3v) is 6.72. The molecule has 4 rings (SSSR count). The maximum Gasteiger partial charge on any atom is 0.332 e. The molecule has 0 saturated heterocycles. The quantitative estimate of drug-likeness (QED) is 0.151. The Kier molecular flexibility index (Phi) is 7.48. The molecule has 180 valence electrons. The van der Waals surface area contributed by atoms with E-state index in [0.717, 1.165) is 40.0 Å². The number of fused-ring (bicyclic) bond motifs is 2. The summed E-state index contributed by atoms with van der Waals surface area (Å²) in [6.45, 7) is 0.438. The molecule has 35 heavy (non-hydrogen) atoms. The Morgan fingerprint density at radius 3 is 2.89 bits per heavy atom. The Labute approximate surface area is 207 Å². The van der Waals surface area contributed by atoms with Gasteiger partial charge in [0.2, 0.25) is 0 Å². The maximum absolute atomic E-state index is 12.4. The summed E-state index contributed by atoms with van der Waals surface area (Å²) < 4.78 is 6.02. The molecule has 0 amide bonds. The number of carbonyl (C=O) groups excluding carboxylic acids is 1. The number of phenolic OH excluding ortho intramolecular Hbond substituents is 1. The molecular formula is C26H25N3O5S. The van der Waals surface area contributed by atoms with Crippen molar-refractivity contribution >= 4 is 34.4 Å². The first-order chi connectivity index (χ1) is 16.9. The average Bonchev–Trinajstić information content (AvgIpc) is 2.82. The number of carbonyl (C=O) groups is 2. The van der Waals surface area contributed by atoms with Gasteiger partial charge in [0.25, 0.3) is 0 Å². The highest BCUT2D eigenvalue weighted by molar-refractivity contribution is 7.80. The molecule has 9 heteroatoms. The third-order valence-electron chi connectivity index (χ3n) is 6.37. The number of unbranched alkanes of at least 4 members (excludes halogenated alkanes) is 1. The van der Waals surface area contributed by atoms with Gasteiger partial charge in [-0.3, -0.25) is 4.79 Å². The lowest BCUT2D eigenvalue weighted by Gasteiger charge is -2.35. The number of hydrogen-bond donors (Lipinski definition) is 2. The second-order valence-corrected chi connectivity index (χ2v) is 9.34. The van der Waals surface area contributed by atoms with E-state index < -0.39 is 18.0 Å². The fraction of sp³-hybridized carbons (Fsp3) is 0.346. The molecule has 0 aromatic heterocycles. The molecule has 2 atom stereocenters. The van der Waals surface area contributed by atoms with Gasteiger partial charge in [0.15, 0.2) is 5.78 Å². The molecule has 0 saturated carbocycles. The molecular weight excluding hydrogens is 466 g/mol. The Bertz CT molecular complexity index is 1250. The van der Waals surface area contributed by atoms with E-state index in [9.17, 15) is 19.8 Å². The summed E-state index contributed by atoms with van der Waals surface area (Å²) in [5.41, 5.74) is 11.8. The number of rotatable bonds is 9. The number of hydrogen-bond acceptors (Lipinski definition) is 6. The number of nitrogens with zero attached hydrogens (tertiary/aromatic N) is 3. The van der Waals surface area contributed by atoms with Crippen molar-refractivity contribution in [1.82, 2.24) is 0 Å². The highest BCUT2D eigenvalue weighted by atomic mass is 32.1. The van der Waals surface area contributed by atoms with Crippen LogP contribution in [0.3, 0.4) is 0 Å². The van der Waals surface area contributed by atoms with Gasteiger partial charge >= 0.3 is 5.97 Å². The summed E-state index contributed by atoms with van der Waals surface area (Å²) in [5, 5.41) is 23.6. The van der Waals surface area contributed by atoms with Gasteiger partial charge in [-0.15, -0.1) is 0 Å². The number of carboxylic acids is 1. The standard InChI is InChI=1S/C26H25N3O5S/c27-29-28-10-2-1-3-18(35)11-15-4-7-19(22(12-15)26(32)33)25-20-8-5-16(30)13-23(20)34-24-14-17(31)6-9-21(24)25/h4-6,8-9,12-13,19,24,30H,1-3,7,10-11,14H2,(H,32,33). The van der Waals surface area contributed by atoms with Crippen LogP contribution in [0.1, 0.15) is 44.1 Å². The van der Waals surface area contributed by atoms with Crippen LogP contribution in [0.15, 0.2) is 64.3 Å². The number of ketones is 1. The van der Waals surface area contributed by atoms with Crippen LogP contribution < -0.4 is 4.74 Å². The van der Waals surface area contributed by atoms with Crippen molar-refractivity contribution in [2.75, 3.05) is 6.54 Å². The lowest BCUT2D eigenvalue weighted by Crippen LogP contribution is -2.31. The predicted molar refractivity (Wildman–Crippen MR) is 135 cm³/mol. The van der Waals surface area contributed by atoms with Crippen LogP contribution in [-0.4, -0.2) is 39.5 Å². The molecule has 1 aromatic carbocycles. The SMILES string of the molecule is [N-]=[N+]=NCCCCC(=S)CC1=CCC(C2=C3C=CC(=O)CC3Oc3cc(O)ccc32)C(C(=O)O)=C1. The first-order valence-electron chi connectivity index (χ1n) is 11.5. The van der Waals surface area contributed by atoms with Gasteiger partial charge < -0.3 is 14.9 Å². The van der Waals surface area contributed by atoms with Crippen molar-refractivity contribution in [2.24, 2.45) is 11.0 Å². The van der Waals surface area contributed by atoms with E-state index in [1.165, 1.54) is 12.1 Å². The number of phenols is 1. The van der Waals surface area contributed by atoms with Crippen LogP contribution in [-0.2, 0) is 9.59 Å². The minimum absolute atomic E-state index is 0.0389.